The number of fused-ring (bicyclic) bond motifs is 1. The molecular weight excluding hydrogens is 401 g/mol. The molecule has 2 aromatic carbocycles. The Kier molecular flexibility index (Phi) is 5.11. The first-order valence-corrected chi connectivity index (χ1v) is 10.4. The molecule has 5 rings (SSSR count). The zero-order chi connectivity index (χ0) is 22.1. The van der Waals surface area contributed by atoms with Gasteiger partial charge in [0.15, 0.2) is 11.6 Å². The first-order chi connectivity index (χ1) is 15.6. The van der Waals surface area contributed by atoms with Gasteiger partial charge in [-0.2, -0.15) is 0 Å². The Bertz CT molecular complexity index is 1410. The minimum atomic E-state index is -0.452. The topological polar surface area (TPSA) is 55.6 Å². The highest BCUT2D eigenvalue weighted by atomic mass is 19.1. The van der Waals surface area contributed by atoms with E-state index in [1.54, 1.807) is 0 Å². The van der Waals surface area contributed by atoms with Crippen LogP contribution in [0.15, 0.2) is 79.4 Å². The first-order valence-electron chi connectivity index (χ1n) is 10.4. The molecule has 158 valence electrons. The number of halogens is 1. The highest BCUT2D eigenvalue weighted by Crippen LogP contribution is 2.28. The van der Waals surface area contributed by atoms with E-state index in [2.05, 4.69) is 38.5 Å². The summed E-state index contributed by atoms with van der Waals surface area (Å²) in [6.07, 6.45) is 5.19. The van der Waals surface area contributed by atoms with Gasteiger partial charge in [0.05, 0.1) is 0 Å². The van der Waals surface area contributed by atoms with Crippen molar-refractivity contribution in [3.63, 3.8) is 0 Å². The van der Waals surface area contributed by atoms with Crippen LogP contribution in [0.4, 0.5) is 10.2 Å². The number of anilines is 1. The molecule has 0 aliphatic heterocycles. The minimum Gasteiger partial charge on any atom is -0.363 e. The summed E-state index contributed by atoms with van der Waals surface area (Å²) in [6, 6.07) is 20.0. The van der Waals surface area contributed by atoms with E-state index in [9.17, 15) is 0 Å². The fourth-order valence-electron chi connectivity index (χ4n) is 3.85. The number of hydrogen-bond acceptors (Lipinski definition) is 4. The van der Waals surface area contributed by atoms with E-state index >= 15 is 4.39 Å². The summed E-state index contributed by atoms with van der Waals surface area (Å²) >= 11 is 0. The summed E-state index contributed by atoms with van der Waals surface area (Å²) < 4.78 is 17.2. The largest absolute Gasteiger partial charge is 0.363 e. The number of aryl methyl sites for hydroxylation is 2. The van der Waals surface area contributed by atoms with Crippen LogP contribution in [0.2, 0.25) is 0 Å². The maximum Gasteiger partial charge on any atom is 0.191 e. The maximum absolute atomic E-state index is 15.2. The van der Waals surface area contributed by atoms with Crippen molar-refractivity contribution in [1.82, 2.24) is 19.5 Å². The zero-order valence-electron chi connectivity index (χ0n) is 17.9. The molecule has 0 bridgehead atoms. The standard InChI is InChI=1S/C26H22FN5/c1-17-13-20(9-11-28-17)19-5-3-18(4-6-19)15-29-26-24(27)25(30-16-31-26)22-7-8-23-21(14-22)10-12-32(23)2/h3-14,16H,15H2,1-2H3,(H,29,30,31). The van der Waals surface area contributed by atoms with Crippen LogP contribution in [0, 0.1) is 12.7 Å². The summed E-state index contributed by atoms with van der Waals surface area (Å²) in [6.45, 7) is 2.44. The molecule has 3 aromatic heterocycles. The molecule has 0 spiro atoms. The molecule has 0 atom stereocenters. The second-order valence-corrected chi connectivity index (χ2v) is 7.82. The summed E-state index contributed by atoms with van der Waals surface area (Å²) in [5, 5.41) is 4.15. The zero-order valence-corrected chi connectivity index (χ0v) is 17.9. The van der Waals surface area contributed by atoms with Crippen molar-refractivity contribution in [3.8, 4) is 22.4 Å². The quantitative estimate of drug-likeness (QED) is 0.391. The summed E-state index contributed by atoms with van der Waals surface area (Å²) in [5.41, 5.74) is 6.36. The van der Waals surface area contributed by atoms with Crippen molar-refractivity contribution in [2.24, 2.45) is 7.05 Å². The predicted molar refractivity (Wildman–Crippen MR) is 126 cm³/mol. The van der Waals surface area contributed by atoms with Crippen molar-refractivity contribution >= 4 is 16.7 Å². The number of aromatic nitrogens is 4. The lowest BCUT2D eigenvalue weighted by Crippen LogP contribution is -2.05. The fourth-order valence-corrected chi connectivity index (χ4v) is 3.85. The SMILES string of the molecule is Cc1cc(-c2ccc(CNc3ncnc(-c4ccc5c(ccn5C)c4)c3F)cc2)ccn1. The van der Waals surface area contributed by atoms with Crippen LogP contribution in [-0.2, 0) is 13.6 Å². The monoisotopic (exact) mass is 423 g/mol. The molecule has 0 radical (unpaired) electrons. The number of hydrogen-bond donors (Lipinski definition) is 1. The molecule has 0 fully saturated rings. The minimum absolute atomic E-state index is 0.192. The Balaban J connectivity index is 1.35. The smallest absolute Gasteiger partial charge is 0.191 e. The molecule has 5 nitrogen and oxygen atoms in total. The van der Waals surface area contributed by atoms with Gasteiger partial charge in [-0.1, -0.05) is 30.3 Å². The van der Waals surface area contributed by atoms with Gasteiger partial charge in [0, 0.05) is 48.1 Å². The molecule has 5 aromatic rings. The number of nitrogens with one attached hydrogen (secondary N) is 1. The first kappa shape index (κ1) is 19.9. The number of rotatable bonds is 5. The number of benzene rings is 2. The maximum atomic E-state index is 15.2. The molecule has 0 aliphatic rings. The van der Waals surface area contributed by atoms with Crippen molar-refractivity contribution in [2.75, 3.05) is 5.32 Å². The molecule has 6 heteroatoms. The normalized spacial score (nSPS) is 11.1. The van der Waals surface area contributed by atoms with E-state index < -0.39 is 5.82 Å². The number of pyridine rings is 1. The van der Waals surface area contributed by atoms with Crippen LogP contribution in [0.1, 0.15) is 11.3 Å². The van der Waals surface area contributed by atoms with Gasteiger partial charge in [0.2, 0.25) is 0 Å². The average molecular weight is 423 g/mol. The Hall–Kier alpha value is -4.06. The lowest BCUT2D eigenvalue weighted by atomic mass is 10.0. The van der Waals surface area contributed by atoms with E-state index in [-0.39, 0.29) is 11.5 Å². The van der Waals surface area contributed by atoms with Crippen molar-refractivity contribution in [1.29, 1.82) is 0 Å². The summed E-state index contributed by atoms with van der Waals surface area (Å²) in [5.74, 6) is -0.261. The van der Waals surface area contributed by atoms with Crippen molar-refractivity contribution < 1.29 is 4.39 Å². The van der Waals surface area contributed by atoms with Crippen LogP contribution in [-0.4, -0.2) is 19.5 Å². The van der Waals surface area contributed by atoms with Crippen molar-refractivity contribution in [3.05, 3.63) is 96.5 Å². The van der Waals surface area contributed by atoms with Crippen LogP contribution in [0.5, 0.6) is 0 Å². The molecule has 0 unspecified atom stereocenters. The second kappa shape index (κ2) is 8.23. The van der Waals surface area contributed by atoms with E-state index in [1.807, 2.05) is 73.4 Å². The summed E-state index contributed by atoms with van der Waals surface area (Å²) in [4.78, 5) is 12.5. The summed E-state index contributed by atoms with van der Waals surface area (Å²) in [7, 11) is 1.99. The number of nitrogens with zero attached hydrogens (tertiary/aromatic N) is 4. The third-order valence-corrected chi connectivity index (χ3v) is 5.59. The van der Waals surface area contributed by atoms with Gasteiger partial charge < -0.3 is 9.88 Å². The lowest BCUT2D eigenvalue weighted by Gasteiger charge is -2.10. The van der Waals surface area contributed by atoms with Gasteiger partial charge in [-0.15, -0.1) is 0 Å². The van der Waals surface area contributed by atoms with Gasteiger partial charge in [-0.3, -0.25) is 4.98 Å². The third kappa shape index (κ3) is 3.83. The predicted octanol–water partition coefficient (Wildman–Crippen LogP) is 5.76. The molecule has 0 saturated carbocycles. The molecule has 0 amide bonds. The van der Waals surface area contributed by atoms with E-state index in [0.29, 0.717) is 6.54 Å². The van der Waals surface area contributed by atoms with Gasteiger partial charge >= 0.3 is 0 Å². The lowest BCUT2D eigenvalue weighted by molar-refractivity contribution is 0.621. The van der Waals surface area contributed by atoms with Crippen LogP contribution in [0.25, 0.3) is 33.3 Å². The fraction of sp³-hybridized carbons (Fsp3) is 0.115. The van der Waals surface area contributed by atoms with Crippen LogP contribution >= 0.6 is 0 Å². The molecule has 0 aliphatic carbocycles. The molecule has 32 heavy (non-hydrogen) atoms. The van der Waals surface area contributed by atoms with Gasteiger partial charge in [-0.05, 0) is 53.9 Å². The van der Waals surface area contributed by atoms with Crippen LogP contribution in [0.3, 0.4) is 0 Å². The van der Waals surface area contributed by atoms with E-state index in [4.69, 9.17) is 0 Å². The Morgan fingerprint density at radius 3 is 2.50 bits per heavy atom. The van der Waals surface area contributed by atoms with Gasteiger partial charge in [-0.25, -0.2) is 14.4 Å². The van der Waals surface area contributed by atoms with Crippen LogP contribution < -0.4 is 5.32 Å². The van der Waals surface area contributed by atoms with E-state index in [0.717, 1.165) is 38.9 Å². The van der Waals surface area contributed by atoms with Gasteiger partial charge in [0.25, 0.3) is 0 Å². The highest BCUT2D eigenvalue weighted by molar-refractivity contribution is 5.85. The van der Waals surface area contributed by atoms with Gasteiger partial charge in [0.1, 0.15) is 12.0 Å². The molecule has 3 heterocycles. The highest BCUT2D eigenvalue weighted by Gasteiger charge is 2.14. The molecule has 1 N–H and O–H groups in total. The Morgan fingerprint density at radius 1 is 0.875 bits per heavy atom. The molecule has 0 saturated heterocycles. The Morgan fingerprint density at radius 2 is 1.69 bits per heavy atom. The molecular formula is C26H22FN5. The van der Waals surface area contributed by atoms with Crippen molar-refractivity contribution in [2.45, 2.75) is 13.5 Å². The Labute approximate surface area is 185 Å². The second-order valence-electron chi connectivity index (χ2n) is 7.82. The average Bonchev–Trinajstić information content (AvgIpc) is 3.19. The van der Waals surface area contributed by atoms with E-state index in [1.165, 1.54) is 6.33 Å². The third-order valence-electron chi connectivity index (χ3n) is 5.59.